The zero-order valence-electron chi connectivity index (χ0n) is 29.3. The molecular formula is C40H35F6N3O4P2Pd-4. The summed E-state index contributed by atoms with van der Waals surface area (Å²) in [5.41, 5.74) is 0. The van der Waals surface area contributed by atoms with Crippen molar-refractivity contribution < 1.29 is 66.6 Å². The van der Waals surface area contributed by atoms with Gasteiger partial charge in [-0.3, -0.25) is 6.42 Å². The topological polar surface area (TPSA) is 163 Å². The number of carbonyl (C=O) groups is 2. The summed E-state index contributed by atoms with van der Waals surface area (Å²) in [6.07, 6.45) is -7.87. The third kappa shape index (κ3) is 26.6. The van der Waals surface area contributed by atoms with E-state index in [-0.39, 0.29) is 26.6 Å². The van der Waals surface area contributed by atoms with Gasteiger partial charge in [-0.1, -0.05) is 140 Å². The van der Waals surface area contributed by atoms with Crippen LogP contribution in [0.15, 0.2) is 152 Å². The Bertz CT molecular complexity index is 1670. The fraction of sp³-hybridized carbons (Fsp3) is 0.0750. The maximum Gasteiger partial charge on any atom is 2.00 e. The molecule has 5 rings (SSSR count). The van der Waals surface area contributed by atoms with Gasteiger partial charge < -0.3 is 39.5 Å². The summed E-state index contributed by atoms with van der Waals surface area (Å²) in [5, 5.41) is 38.8. The van der Waals surface area contributed by atoms with Crippen molar-refractivity contribution in [2.24, 2.45) is 0 Å². The first-order chi connectivity index (χ1) is 25.6. The number of alkyl halides is 6. The molecule has 0 fully saturated rings. The molecule has 0 saturated heterocycles. The van der Waals surface area contributed by atoms with Crippen LogP contribution >= 0.6 is 15.8 Å². The van der Waals surface area contributed by atoms with Crippen LogP contribution < -0.4 is 37.6 Å². The first-order valence-corrected chi connectivity index (χ1v) is 18.1. The number of carboxylic acid groups (broad SMARTS) is 2. The summed E-state index contributed by atoms with van der Waals surface area (Å²) in [6, 6.07) is 57.9. The van der Waals surface area contributed by atoms with Crippen molar-refractivity contribution in [3.05, 3.63) is 178 Å². The predicted molar refractivity (Wildman–Crippen MR) is 202 cm³/mol. The fourth-order valence-corrected chi connectivity index (χ4v) is 6.82. The van der Waals surface area contributed by atoms with Gasteiger partial charge in [0, 0.05) is 0 Å². The first-order valence-electron chi connectivity index (χ1n) is 15.0. The Kier molecular flexibility index (Phi) is 31.6. The molecule has 3 N–H and O–H groups in total. The minimum absolute atomic E-state index is 0. The van der Waals surface area contributed by atoms with E-state index in [1.54, 1.807) is 6.42 Å². The molecule has 16 heteroatoms. The van der Waals surface area contributed by atoms with Gasteiger partial charge in [-0.15, -0.1) is 18.3 Å². The van der Waals surface area contributed by atoms with Crippen LogP contribution in [0.4, 0.5) is 26.3 Å². The van der Waals surface area contributed by atoms with Gasteiger partial charge in [0.15, 0.2) is 0 Å². The molecule has 5 aromatic rings. The molecule has 0 aliphatic heterocycles. The standard InChI is InChI=1S/C15H13NP.C13H12P.C6H5.2C2HF3O2.C2H2N.H3N.Pd/c16-12-7-13-17(14-8-3-1-4-9-14)15-10-5-2-6-11-15;1-14(12-8-4-2-5-9-12)13-10-6-3-7-11-13;1-2-4-6-5-3-1;2*3-2(4,5)1(6)7;1-2-3;;/h1-11H,13H2;2-11H,1H2;1-5H;2*(H,6,7);1H2;1H3;/q3*-1;;;-1;;+2/p-2. The minimum Gasteiger partial charge on any atom is -0.542 e. The second kappa shape index (κ2) is 32.1. The van der Waals surface area contributed by atoms with Gasteiger partial charge in [0.25, 0.3) is 0 Å². The van der Waals surface area contributed by atoms with Crippen LogP contribution in [-0.2, 0) is 30.0 Å². The SMILES string of the molecule is N.N#C[CH-]CP(c1ccccc1)c1ccccc1.O=C([O-])C(F)(F)F.O=C([O-])C(F)(F)F.[CH2-]C#N.[CH2-]P(c1ccccc1)c1ccccc1.[Pd+2].[c-]1ccccc1. The summed E-state index contributed by atoms with van der Waals surface area (Å²) in [6.45, 7) is 7.04. The van der Waals surface area contributed by atoms with Crippen LogP contribution in [-0.4, -0.2) is 30.5 Å². The average Bonchev–Trinajstić information content (AvgIpc) is 3.17. The Morgan fingerprint density at radius 2 is 0.875 bits per heavy atom. The van der Waals surface area contributed by atoms with Crippen LogP contribution in [0.1, 0.15) is 0 Å². The van der Waals surface area contributed by atoms with Gasteiger partial charge in [0.05, 0.1) is 0 Å². The number of carbonyl (C=O) groups excluding carboxylic acids is 2. The second-order valence-electron chi connectivity index (χ2n) is 9.52. The number of halogens is 6. The molecule has 0 heterocycles. The summed E-state index contributed by atoms with van der Waals surface area (Å²) in [7, 11) is -0.856. The summed E-state index contributed by atoms with van der Waals surface area (Å²) in [5.74, 6) is -6.01. The Labute approximate surface area is 339 Å². The molecule has 300 valence electrons. The summed E-state index contributed by atoms with van der Waals surface area (Å²) >= 11 is 0. The Hall–Kier alpha value is -5.18. The van der Waals surface area contributed by atoms with Crippen LogP contribution in [0, 0.1) is 48.7 Å². The summed E-state index contributed by atoms with van der Waals surface area (Å²) in [4.78, 5) is 17.6. The molecule has 0 bridgehead atoms. The average molecular weight is 904 g/mol. The minimum atomic E-state index is -5.19. The zero-order chi connectivity index (χ0) is 40.8. The number of benzene rings is 5. The van der Waals surface area contributed by atoms with Gasteiger partial charge in [0.1, 0.15) is 11.9 Å². The van der Waals surface area contributed by atoms with Crippen LogP contribution in [0.2, 0.25) is 0 Å². The number of hydrogen-bond acceptors (Lipinski definition) is 7. The molecule has 0 amide bonds. The van der Waals surface area contributed by atoms with Crippen molar-refractivity contribution in [3.63, 3.8) is 0 Å². The summed E-state index contributed by atoms with van der Waals surface area (Å²) < 4.78 is 63.1. The van der Waals surface area contributed by atoms with E-state index in [1.807, 2.05) is 54.6 Å². The normalized spacial score (nSPS) is 9.41. The van der Waals surface area contributed by atoms with Crippen molar-refractivity contribution in [1.82, 2.24) is 6.15 Å². The van der Waals surface area contributed by atoms with E-state index in [0.29, 0.717) is 0 Å². The maximum atomic E-state index is 10.5. The smallest absolute Gasteiger partial charge is 0.542 e. The van der Waals surface area contributed by atoms with Gasteiger partial charge >= 0.3 is 32.8 Å². The number of nitrogens with zero attached hydrogens (tertiary/aromatic N) is 2. The van der Waals surface area contributed by atoms with E-state index >= 15 is 0 Å². The first kappa shape index (κ1) is 55.2. The third-order valence-electron chi connectivity index (χ3n) is 5.71. The van der Waals surface area contributed by atoms with Gasteiger partial charge in [-0.25, -0.2) is 18.4 Å². The fourth-order valence-electron chi connectivity index (χ4n) is 3.41. The maximum absolute atomic E-state index is 10.5. The van der Waals surface area contributed by atoms with Crippen LogP contribution in [0.3, 0.4) is 0 Å². The third-order valence-corrected chi connectivity index (χ3v) is 9.94. The Morgan fingerprint density at radius 3 is 1.07 bits per heavy atom. The number of carboxylic acids is 2. The van der Waals surface area contributed by atoms with Crippen LogP contribution in [0.5, 0.6) is 0 Å². The number of hydrogen-bond donors (Lipinski definition) is 1. The molecule has 0 aliphatic carbocycles. The van der Waals surface area contributed by atoms with Crippen molar-refractivity contribution in [1.29, 1.82) is 10.5 Å². The van der Waals surface area contributed by atoms with Gasteiger partial charge in [0.2, 0.25) is 0 Å². The van der Waals surface area contributed by atoms with Gasteiger partial charge in [-0.05, 0) is 10.6 Å². The van der Waals surface area contributed by atoms with E-state index in [1.165, 1.54) is 27.3 Å². The predicted octanol–water partition coefficient (Wildman–Crippen LogP) is 6.35. The molecular weight excluding hydrogens is 869 g/mol. The molecule has 7 nitrogen and oxygen atoms in total. The molecule has 0 spiro atoms. The Morgan fingerprint density at radius 1 is 0.625 bits per heavy atom. The van der Waals surface area contributed by atoms with E-state index in [0.717, 1.165) is 6.16 Å². The Balaban J connectivity index is -0.000000647. The molecule has 0 saturated carbocycles. The zero-order valence-corrected chi connectivity index (χ0v) is 32.7. The number of aliphatic carboxylic acids is 2. The molecule has 0 aromatic heterocycles. The molecule has 0 aliphatic rings. The van der Waals surface area contributed by atoms with Gasteiger partial charge in [-0.2, -0.15) is 62.7 Å². The quantitative estimate of drug-likeness (QED) is 0.0900. The molecule has 0 atom stereocenters. The van der Waals surface area contributed by atoms with Crippen molar-refractivity contribution >= 4 is 49.0 Å². The largest absolute Gasteiger partial charge is 2.00 e. The molecule has 56 heavy (non-hydrogen) atoms. The van der Waals surface area contributed by atoms with E-state index in [9.17, 15) is 26.3 Å². The molecule has 5 aromatic carbocycles. The second-order valence-corrected chi connectivity index (χ2v) is 13.7. The van der Waals surface area contributed by atoms with Crippen LogP contribution in [0.25, 0.3) is 0 Å². The molecule has 0 radical (unpaired) electrons. The van der Waals surface area contributed by atoms with E-state index in [2.05, 4.69) is 123 Å². The van der Waals surface area contributed by atoms with E-state index in [4.69, 9.17) is 30.3 Å². The molecule has 0 unspecified atom stereocenters. The van der Waals surface area contributed by atoms with Crippen molar-refractivity contribution in [2.45, 2.75) is 12.4 Å². The monoisotopic (exact) mass is 903 g/mol. The number of rotatable bonds is 6. The van der Waals surface area contributed by atoms with E-state index < -0.39 is 40.1 Å². The number of nitriles is 2. The van der Waals surface area contributed by atoms with Crippen molar-refractivity contribution in [3.8, 4) is 12.1 Å². The van der Waals surface area contributed by atoms with Crippen molar-refractivity contribution in [2.75, 3.05) is 6.16 Å².